The highest BCUT2D eigenvalue weighted by molar-refractivity contribution is 5.85. The highest BCUT2D eigenvalue weighted by Gasteiger charge is 2.20. The normalized spacial score (nSPS) is 14.6. The molecule has 2 rings (SSSR count). The molecular formula is C16H25ClN2O4. The fraction of sp³-hybridized carbons (Fsp3) is 0.562. The van der Waals surface area contributed by atoms with E-state index >= 15 is 0 Å². The monoisotopic (exact) mass is 344 g/mol. The summed E-state index contributed by atoms with van der Waals surface area (Å²) in [6.07, 6.45) is 1.70. The lowest BCUT2D eigenvalue weighted by atomic mass is 10.1. The Bertz CT molecular complexity index is 487. The number of carbonyl (C=O) groups is 1. The molecule has 1 amide bonds. The molecule has 1 aliphatic rings. The van der Waals surface area contributed by atoms with Crippen LogP contribution in [0.5, 0.6) is 11.5 Å². The molecule has 0 aromatic heterocycles. The van der Waals surface area contributed by atoms with E-state index in [0.717, 1.165) is 12.5 Å². The lowest BCUT2D eigenvalue weighted by molar-refractivity contribution is -0.120. The van der Waals surface area contributed by atoms with Crippen molar-refractivity contribution in [2.45, 2.75) is 18.9 Å². The van der Waals surface area contributed by atoms with Gasteiger partial charge in [0.15, 0.2) is 0 Å². The van der Waals surface area contributed by atoms with Crippen LogP contribution in [-0.4, -0.2) is 44.9 Å². The third-order valence-corrected chi connectivity index (χ3v) is 3.67. The Morgan fingerprint density at radius 3 is 2.39 bits per heavy atom. The van der Waals surface area contributed by atoms with Crippen molar-refractivity contribution in [2.24, 2.45) is 5.92 Å². The zero-order chi connectivity index (χ0) is 15.9. The maximum absolute atomic E-state index is 11.7. The average molecular weight is 345 g/mol. The van der Waals surface area contributed by atoms with Gasteiger partial charge in [-0.3, -0.25) is 4.79 Å². The molecule has 0 aliphatic heterocycles. The van der Waals surface area contributed by atoms with E-state index in [-0.39, 0.29) is 31.4 Å². The van der Waals surface area contributed by atoms with E-state index in [1.54, 1.807) is 32.4 Å². The van der Waals surface area contributed by atoms with E-state index < -0.39 is 6.10 Å². The fourth-order valence-corrected chi connectivity index (χ4v) is 2.12. The largest absolute Gasteiger partial charge is 0.497 e. The molecule has 0 spiro atoms. The Morgan fingerprint density at radius 2 is 1.87 bits per heavy atom. The predicted molar refractivity (Wildman–Crippen MR) is 90.4 cm³/mol. The summed E-state index contributed by atoms with van der Waals surface area (Å²) in [5.41, 5.74) is 0.641. The van der Waals surface area contributed by atoms with Crippen LogP contribution in [0.15, 0.2) is 18.2 Å². The van der Waals surface area contributed by atoms with E-state index in [0.29, 0.717) is 17.1 Å². The summed E-state index contributed by atoms with van der Waals surface area (Å²) in [7, 11) is 3.11. The van der Waals surface area contributed by atoms with Gasteiger partial charge in [0.1, 0.15) is 11.5 Å². The lowest BCUT2D eigenvalue weighted by Gasteiger charge is -2.15. The molecule has 3 N–H and O–H groups in total. The van der Waals surface area contributed by atoms with E-state index in [1.807, 2.05) is 0 Å². The summed E-state index contributed by atoms with van der Waals surface area (Å²) in [5, 5.41) is 16.0. The summed E-state index contributed by atoms with van der Waals surface area (Å²) in [6.45, 7) is 1.33. The Morgan fingerprint density at radius 1 is 1.26 bits per heavy atom. The molecule has 1 saturated carbocycles. The minimum atomic E-state index is -0.809. The summed E-state index contributed by atoms with van der Waals surface area (Å²) >= 11 is 0. The van der Waals surface area contributed by atoms with Gasteiger partial charge in [-0.25, -0.2) is 0 Å². The maximum Gasteiger partial charge on any atom is 0.234 e. The van der Waals surface area contributed by atoms with Gasteiger partial charge in [-0.05, 0) is 43.0 Å². The maximum atomic E-state index is 11.7. The Balaban J connectivity index is 0.00000264. The minimum absolute atomic E-state index is 0. The zero-order valence-corrected chi connectivity index (χ0v) is 14.3. The first-order chi connectivity index (χ1) is 10.6. The molecule has 6 nitrogen and oxygen atoms in total. The van der Waals surface area contributed by atoms with E-state index in [1.165, 1.54) is 12.8 Å². The van der Waals surface area contributed by atoms with Gasteiger partial charge in [0.25, 0.3) is 0 Å². The van der Waals surface area contributed by atoms with Crippen LogP contribution in [0.2, 0.25) is 0 Å². The predicted octanol–water partition coefficient (Wildman–Crippen LogP) is 1.27. The third-order valence-electron chi connectivity index (χ3n) is 3.67. The molecular weight excluding hydrogens is 320 g/mol. The molecule has 0 heterocycles. The van der Waals surface area contributed by atoms with Gasteiger partial charge in [0, 0.05) is 12.6 Å². The zero-order valence-electron chi connectivity index (χ0n) is 13.5. The molecule has 7 heteroatoms. The van der Waals surface area contributed by atoms with Crippen LogP contribution in [0.3, 0.4) is 0 Å². The number of benzene rings is 1. The van der Waals surface area contributed by atoms with Crippen LogP contribution in [0.4, 0.5) is 0 Å². The number of halogens is 1. The molecule has 0 saturated heterocycles. The van der Waals surface area contributed by atoms with Gasteiger partial charge in [0.05, 0.1) is 26.9 Å². The smallest absolute Gasteiger partial charge is 0.234 e. The molecule has 1 aromatic rings. The average Bonchev–Trinajstić information content (AvgIpc) is 3.36. The number of hydrogen-bond donors (Lipinski definition) is 3. The number of rotatable bonds is 9. The summed E-state index contributed by atoms with van der Waals surface area (Å²) in [5.74, 6) is 1.83. The second-order valence-electron chi connectivity index (χ2n) is 5.54. The van der Waals surface area contributed by atoms with E-state index in [4.69, 9.17) is 9.47 Å². The number of aliphatic hydroxyl groups is 1. The third kappa shape index (κ3) is 6.64. The van der Waals surface area contributed by atoms with Crippen LogP contribution in [0.1, 0.15) is 24.5 Å². The molecule has 1 atom stereocenters. The van der Waals surface area contributed by atoms with Crippen molar-refractivity contribution in [2.75, 3.05) is 33.9 Å². The van der Waals surface area contributed by atoms with Gasteiger partial charge in [-0.15, -0.1) is 12.4 Å². The Hall–Kier alpha value is -1.50. The van der Waals surface area contributed by atoms with Gasteiger partial charge in [-0.2, -0.15) is 0 Å². The topological polar surface area (TPSA) is 79.8 Å². The Kier molecular flexibility index (Phi) is 8.16. The number of aliphatic hydroxyl groups excluding tert-OH is 1. The van der Waals surface area contributed by atoms with Crippen molar-refractivity contribution in [1.29, 1.82) is 0 Å². The number of hydrogen-bond acceptors (Lipinski definition) is 5. The van der Waals surface area contributed by atoms with Crippen LogP contribution in [0, 0.1) is 5.92 Å². The van der Waals surface area contributed by atoms with Crippen molar-refractivity contribution >= 4 is 18.3 Å². The van der Waals surface area contributed by atoms with Gasteiger partial charge in [0.2, 0.25) is 5.91 Å². The first-order valence-corrected chi connectivity index (χ1v) is 7.51. The summed E-state index contributed by atoms with van der Waals surface area (Å²) in [6, 6.07) is 5.19. The summed E-state index contributed by atoms with van der Waals surface area (Å²) < 4.78 is 10.3. The van der Waals surface area contributed by atoms with Gasteiger partial charge < -0.3 is 25.2 Å². The second kappa shape index (κ2) is 9.60. The number of nitrogens with one attached hydrogen (secondary N) is 2. The molecule has 23 heavy (non-hydrogen) atoms. The molecule has 1 aromatic carbocycles. The lowest BCUT2D eigenvalue weighted by Crippen LogP contribution is -2.36. The fourth-order valence-electron chi connectivity index (χ4n) is 2.12. The number of amides is 1. The molecule has 1 aliphatic carbocycles. The van der Waals surface area contributed by atoms with Crippen molar-refractivity contribution in [3.63, 3.8) is 0 Å². The molecule has 130 valence electrons. The van der Waals surface area contributed by atoms with Crippen LogP contribution >= 0.6 is 12.4 Å². The highest BCUT2D eigenvalue weighted by Crippen LogP contribution is 2.27. The van der Waals surface area contributed by atoms with Crippen molar-refractivity contribution in [3.05, 3.63) is 23.8 Å². The number of ether oxygens (including phenoxy) is 2. The molecule has 1 unspecified atom stereocenters. The molecule has 0 radical (unpaired) electrons. The first kappa shape index (κ1) is 19.5. The number of methoxy groups -OCH3 is 2. The standard InChI is InChI=1S/C16H24N2O4.ClH/c1-21-13-5-12(6-14(7-13)22-2)15(19)9-18-16(20)10-17-8-11-3-4-11;/h5-7,11,15,17,19H,3-4,8-10H2,1-2H3,(H,18,20);1H. The Labute approximate surface area is 143 Å². The SMILES string of the molecule is COc1cc(OC)cc(C(O)CNC(=O)CNCC2CC2)c1.Cl. The first-order valence-electron chi connectivity index (χ1n) is 7.51. The number of carbonyl (C=O) groups excluding carboxylic acids is 1. The van der Waals surface area contributed by atoms with Crippen molar-refractivity contribution in [1.82, 2.24) is 10.6 Å². The van der Waals surface area contributed by atoms with Gasteiger partial charge >= 0.3 is 0 Å². The molecule has 1 fully saturated rings. The van der Waals surface area contributed by atoms with Gasteiger partial charge in [-0.1, -0.05) is 0 Å². The van der Waals surface area contributed by atoms with E-state index in [9.17, 15) is 9.90 Å². The van der Waals surface area contributed by atoms with E-state index in [2.05, 4.69) is 10.6 Å². The second-order valence-corrected chi connectivity index (χ2v) is 5.54. The van der Waals surface area contributed by atoms with Crippen molar-refractivity contribution < 1.29 is 19.4 Å². The minimum Gasteiger partial charge on any atom is -0.497 e. The van der Waals surface area contributed by atoms with Crippen LogP contribution in [0.25, 0.3) is 0 Å². The van der Waals surface area contributed by atoms with Crippen LogP contribution < -0.4 is 20.1 Å². The quantitative estimate of drug-likeness (QED) is 0.629. The van der Waals surface area contributed by atoms with Crippen molar-refractivity contribution in [3.8, 4) is 11.5 Å². The van der Waals surface area contributed by atoms with Crippen LogP contribution in [-0.2, 0) is 4.79 Å². The highest BCUT2D eigenvalue weighted by atomic mass is 35.5. The summed E-state index contributed by atoms with van der Waals surface area (Å²) in [4.78, 5) is 11.7. The molecule has 0 bridgehead atoms.